The SMILES string of the molecule is CC/C=C\C/C=C\C/C=C\C/C=C\CCCCCCCCCCC(=O)OC(COC(=O)CCCCCCCCCC/C=C\C/C=C\C/C=C\CCCCCCC)COC(=O)CCCCCCCCCCCCCCC. The Labute approximate surface area is 465 Å². The van der Waals surface area contributed by atoms with Gasteiger partial charge in [0.2, 0.25) is 0 Å². The summed E-state index contributed by atoms with van der Waals surface area (Å²) in [5, 5.41) is 0. The first-order chi connectivity index (χ1) is 37.0. The summed E-state index contributed by atoms with van der Waals surface area (Å²) < 4.78 is 16.9. The van der Waals surface area contributed by atoms with E-state index in [2.05, 4.69) is 106 Å². The number of hydrogen-bond donors (Lipinski definition) is 0. The van der Waals surface area contributed by atoms with E-state index in [1.165, 1.54) is 167 Å². The summed E-state index contributed by atoms with van der Waals surface area (Å²) in [7, 11) is 0. The topological polar surface area (TPSA) is 78.9 Å². The molecule has 0 aromatic rings. The van der Waals surface area contributed by atoms with Crippen molar-refractivity contribution in [2.45, 2.75) is 322 Å². The van der Waals surface area contributed by atoms with Gasteiger partial charge in [-0.05, 0) is 96.3 Å². The Morgan fingerprint density at radius 3 is 0.813 bits per heavy atom. The van der Waals surface area contributed by atoms with E-state index in [-0.39, 0.29) is 31.1 Å². The molecule has 75 heavy (non-hydrogen) atoms. The Morgan fingerprint density at radius 2 is 0.520 bits per heavy atom. The number of esters is 3. The molecule has 432 valence electrons. The lowest BCUT2D eigenvalue weighted by atomic mass is 10.0. The molecular formula is C69H120O6. The van der Waals surface area contributed by atoms with E-state index < -0.39 is 6.10 Å². The van der Waals surface area contributed by atoms with Crippen LogP contribution in [0.25, 0.3) is 0 Å². The standard InChI is InChI=1S/C69H120O6/c1-4-7-10-13-16-19-22-25-27-29-31-33-34-36-37-39-41-44-47-50-53-56-59-62-68(71)74-65-66(64-73-67(70)61-58-55-52-49-46-43-24-21-18-15-12-9-6-3)75-69(72)63-60-57-54-51-48-45-42-40-38-35-32-30-28-26-23-20-17-14-11-8-5-2/h8,11,17,20,22,25-26,28-29,31-32,34-36,66H,4-7,9-10,12-16,18-19,21,23-24,27,30,33,37-65H2,1-3H3/b11-8-,20-17-,25-22-,28-26-,31-29-,35-32-,36-34-. The summed E-state index contributed by atoms with van der Waals surface area (Å²) in [6.07, 6.45) is 82.9. The number of ether oxygens (including phenoxy) is 3. The highest BCUT2D eigenvalue weighted by atomic mass is 16.6. The molecule has 1 unspecified atom stereocenters. The first-order valence-electron chi connectivity index (χ1n) is 32.1. The summed E-state index contributed by atoms with van der Waals surface area (Å²) in [5.74, 6) is -0.882. The van der Waals surface area contributed by atoms with Gasteiger partial charge >= 0.3 is 17.9 Å². The Morgan fingerprint density at radius 1 is 0.280 bits per heavy atom. The molecule has 6 heteroatoms. The van der Waals surface area contributed by atoms with Gasteiger partial charge in [-0.15, -0.1) is 0 Å². The highest BCUT2D eigenvalue weighted by molar-refractivity contribution is 5.71. The molecule has 0 spiro atoms. The molecular weight excluding hydrogens is 925 g/mol. The van der Waals surface area contributed by atoms with Crippen molar-refractivity contribution in [3.05, 3.63) is 85.1 Å². The smallest absolute Gasteiger partial charge is 0.306 e. The fourth-order valence-electron chi connectivity index (χ4n) is 9.09. The van der Waals surface area contributed by atoms with Crippen molar-refractivity contribution < 1.29 is 28.6 Å². The molecule has 6 nitrogen and oxygen atoms in total. The van der Waals surface area contributed by atoms with Crippen LogP contribution < -0.4 is 0 Å². The van der Waals surface area contributed by atoms with Crippen molar-refractivity contribution >= 4 is 17.9 Å². The van der Waals surface area contributed by atoms with Crippen molar-refractivity contribution in [1.29, 1.82) is 0 Å². The molecule has 0 radical (unpaired) electrons. The third-order valence-corrected chi connectivity index (χ3v) is 13.9. The molecule has 0 aliphatic heterocycles. The van der Waals surface area contributed by atoms with Crippen molar-refractivity contribution in [3.8, 4) is 0 Å². The second kappa shape index (κ2) is 63.1. The van der Waals surface area contributed by atoms with Crippen molar-refractivity contribution in [2.75, 3.05) is 13.2 Å². The summed E-state index contributed by atoms with van der Waals surface area (Å²) in [6.45, 7) is 6.53. The van der Waals surface area contributed by atoms with Gasteiger partial charge < -0.3 is 14.2 Å². The minimum atomic E-state index is -0.784. The van der Waals surface area contributed by atoms with E-state index >= 15 is 0 Å². The van der Waals surface area contributed by atoms with Crippen LogP contribution in [0.3, 0.4) is 0 Å². The Balaban J connectivity index is 4.36. The molecule has 0 aromatic carbocycles. The normalized spacial score (nSPS) is 12.6. The number of unbranched alkanes of at least 4 members (excludes halogenated alkanes) is 33. The second-order valence-corrected chi connectivity index (χ2v) is 21.3. The van der Waals surface area contributed by atoms with Crippen LogP contribution in [0.4, 0.5) is 0 Å². The number of carbonyl (C=O) groups is 3. The average Bonchev–Trinajstić information content (AvgIpc) is 3.41. The van der Waals surface area contributed by atoms with E-state index in [9.17, 15) is 14.4 Å². The number of carbonyl (C=O) groups excluding carboxylic acids is 3. The van der Waals surface area contributed by atoms with E-state index in [1.54, 1.807) is 0 Å². The van der Waals surface area contributed by atoms with Crippen LogP contribution in [0.1, 0.15) is 316 Å². The van der Waals surface area contributed by atoms with Crippen LogP contribution >= 0.6 is 0 Å². The molecule has 0 aromatic heterocycles. The summed E-state index contributed by atoms with van der Waals surface area (Å²) >= 11 is 0. The van der Waals surface area contributed by atoms with Crippen molar-refractivity contribution in [3.63, 3.8) is 0 Å². The van der Waals surface area contributed by atoms with Gasteiger partial charge in [0.1, 0.15) is 13.2 Å². The zero-order chi connectivity index (χ0) is 54.3. The second-order valence-electron chi connectivity index (χ2n) is 21.3. The van der Waals surface area contributed by atoms with E-state index in [4.69, 9.17) is 14.2 Å². The van der Waals surface area contributed by atoms with E-state index in [0.29, 0.717) is 19.3 Å². The molecule has 0 N–H and O–H groups in total. The van der Waals surface area contributed by atoms with E-state index in [1.807, 2.05) is 0 Å². The maximum Gasteiger partial charge on any atom is 0.306 e. The third kappa shape index (κ3) is 61.3. The summed E-state index contributed by atoms with van der Waals surface area (Å²) in [6, 6.07) is 0. The maximum atomic E-state index is 12.9. The molecule has 0 heterocycles. The van der Waals surface area contributed by atoms with Gasteiger partial charge in [0.15, 0.2) is 6.10 Å². The molecule has 0 fully saturated rings. The lowest BCUT2D eigenvalue weighted by Gasteiger charge is -2.18. The van der Waals surface area contributed by atoms with Crippen LogP contribution in [-0.2, 0) is 28.6 Å². The summed E-state index contributed by atoms with van der Waals surface area (Å²) in [5.41, 5.74) is 0. The first-order valence-corrected chi connectivity index (χ1v) is 32.1. The van der Waals surface area contributed by atoms with Gasteiger partial charge in [-0.2, -0.15) is 0 Å². The molecule has 0 saturated carbocycles. The van der Waals surface area contributed by atoms with Crippen molar-refractivity contribution in [1.82, 2.24) is 0 Å². The average molecular weight is 1050 g/mol. The fraction of sp³-hybridized carbons (Fsp3) is 0.754. The van der Waals surface area contributed by atoms with Gasteiger partial charge in [-0.3, -0.25) is 14.4 Å². The zero-order valence-electron chi connectivity index (χ0n) is 49.6. The molecule has 0 saturated heterocycles. The lowest BCUT2D eigenvalue weighted by molar-refractivity contribution is -0.167. The lowest BCUT2D eigenvalue weighted by Crippen LogP contribution is -2.30. The van der Waals surface area contributed by atoms with Gasteiger partial charge in [0, 0.05) is 19.3 Å². The zero-order valence-corrected chi connectivity index (χ0v) is 49.6. The van der Waals surface area contributed by atoms with Crippen molar-refractivity contribution in [2.24, 2.45) is 0 Å². The highest BCUT2D eigenvalue weighted by Crippen LogP contribution is 2.16. The first kappa shape index (κ1) is 71.6. The predicted octanol–water partition coefficient (Wildman–Crippen LogP) is 21.9. The fourth-order valence-corrected chi connectivity index (χ4v) is 9.09. The predicted molar refractivity (Wildman–Crippen MR) is 325 cm³/mol. The van der Waals surface area contributed by atoms with E-state index in [0.717, 1.165) is 109 Å². The number of hydrogen-bond acceptors (Lipinski definition) is 6. The number of allylic oxidation sites excluding steroid dienone is 14. The molecule has 0 rings (SSSR count). The maximum absolute atomic E-state index is 12.9. The van der Waals surface area contributed by atoms with Crippen LogP contribution in [-0.4, -0.2) is 37.2 Å². The Kier molecular flexibility index (Phi) is 60.3. The molecule has 1 atom stereocenters. The molecule has 0 aliphatic rings. The van der Waals surface area contributed by atoms with Gasteiger partial charge in [-0.25, -0.2) is 0 Å². The van der Waals surface area contributed by atoms with Crippen LogP contribution in [0.2, 0.25) is 0 Å². The molecule has 0 aliphatic carbocycles. The van der Waals surface area contributed by atoms with Gasteiger partial charge in [0.25, 0.3) is 0 Å². The highest BCUT2D eigenvalue weighted by Gasteiger charge is 2.19. The molecule has 0 bridgehead atoms. The summed E-state index contributed by atoms with van der Waals surface area (Å²) in [4.78, 5) is 38.3. The minimum absolute atomic E-state index is 0.0797. The van der Waals surface area contributed by atoms with Gasteiger partial charge in [0.05, 0.1) is 0 Å². The monoisotopic (exact) mass is 1040 g/mol. The Bertz CT molecular complexity index is 1430. The van der Waals surface area contributed by atoms with Crippen LogP contribution in [0, 0.1) is 0 Å². The minimum Gasteiger partial charge on any atom is -0.462 e. The van der Waals surface area contributed by atoms with Gasteiger partial charge in [-0.1, -0.05) is 286 Å². The largest absolute Gasteiger partial charge is 0.462 e. The molecule has 0 amide bonds. The quantitative estimate of drug-likeness (QED) is 0.0261. The van der Waals surface area contributed by atoms with Crippen LogP contribution in [0.5, 0.6) is 0 Å². The Hall–Kier alpha value is -3.41. The third-order valence-electron chi connectivity index (χ3n) is 13.9. The number of rotatable bonds is 58. The van der Waals surface area contributed by atoms with Crippen LogP contribution in [0.15, 0.2) is 85.1 Å².